The van der Waals surface area contributed by atoms with E-state index < -0.39 is 5.91 Å². The maximum Gasteiger partial charge on any atom is 0.282 e. The smallest absolute Gasteiger partial charge is 0.282 e. The van der Waals surface area contributed by atoms with E-state index in [-0.39, 0.29) is 18.0 Å². The van der Waals surface area contributed by atoms with Crippen molar-refractivity contribution in [3.63, 3.8) is 0 Å². The van der Waals surface area contributed by atoms with E-state index in [1.807, 2.05) is 13.0 Å². The molecule has 1 amide bonds. The number of amides is 1. The highest BCUT2D eigenvalue weighted by atomic mass is 79.9. The third kappa shape index (κ3) is 6.08. The van der Waals surface area contributed by atoms with Gasteiger partial charge in [0.05, 0.1) is 26.1 Å². The minimum atomic E-state index is -0.395. The van der Waals surface area contributed by atoms with Gasteiger partial charge in [0, 0.05) is 16.6 Å². The molecule has 0 spiro atoms. The van der Waals surface area contributed by atoms with Gasteiger partial charge in [-0.1, -0.05) is 22.9 Å². The van der Waals surface area contributed by atoms with Crippen molar-refractivity contribution in [2.24, 2.45) is 5.10 Å². The average molecular weight is 681 g/mol. The van der Waals surface area contributed by atoms with Gasteiger partial charge < -0.3 is 10.1 Å². The minimum Gasteiger partial charge on any atom is -0.481 e. The lowest BCUT2D eigenvalue weighted by atomic mass is 10.2. The van der Waals surface area contributed by atoms with Gasteiger partial charge in [0.15, 0.2) is 6.61 Å². The molecule has 0 radical (unpaired) electrons. The fourth-order valence-electron chi connectivity index (χ4n) is 3.33. The zero-order valence-electron chi connectivity index (χ0n) is 18.8. The number of rotatable bonds is 7. The molecule has 4 aromatic rings. The summed E-state index contributed by atoms with van der Waals surface area (Å²) in [6.45, 7) is 1.65. The van der Waals surface area contributed by atoms with Gasteiger partial charge in [0.2, 0.25) is 0 Å². The lowest BCUT2D eigenvalue weighted by Gasteiger charge is -2.12. The van der Waals surface area contributed by atoms with Crippen LogP contribution in [0.5, 0.6) is 5.75 Å². The highest BCUT2D eigenvalue weighted by Crippen LogP contribution is 2.34. The molecule has 3 aromatic carbocycles. The predicted molar refractivity (Wildman–Crippen MR) is 148 cm³/mol. The highest BCUT2D eigenvalue weighted by molar-refractivity contribution is 9.11. The van der Waals surface area contributed by atoms with Crippen LogP contribution in [-0.2, 0) is 11.2 Å². The van der Waals surface area contributed by atoms with Gasteiger partial charge in [-0.05, 0) is 92.0 Å². The quantitative estimate of drug-likeness (QED) is 0.233. The summed E-state index contributed by atoms with van der Waals surface area (Å²) in [6, 6.07) is 14.3. The lowest BCUT2D eigenvalue weighted by Crippen LogP contribution is -2.22. The van der Waals surface area contributed by atoms with Crippen molar-refractivity contribution in [2.75, 3.05) is 11.9 Å². The van der Waals surface area contributed by atoms with Crippen LogP contribution in [0, 0.1) is 5.82 Å². The molecule has 1 N–H and O–H groups in total. The molecule has 0 aliphatic rings. The molecule has 0 aliphatic carbocycles. The topological polar surface area (TPSA) is 85.6 Å². The Morgan fingerprint density at radius 2 is 1.81 bits per heavy atom. The number of aromatic nitrogens is 2. The molecule has 7 nitrogen and oxygen atoms in total. The Kier molecular flexibility index (Phi) is 8.32. The second kappa shape index (κ2) is 11.4. The molecule has 36 heavy (non-hydrogen) atoms. The number of hydrogen-bond donors (Lipinski definition) is 1. The summed E-state index contributed by atoms with van der Waals surface area (Å²) in [5.41, 5.74) is 1.49. The van der Waals surface area contributed by atoms with Gasteiger partial charge in [-0.3, -0.25) is 9.59 Å². The summed E-state index contributed by atoms with van der Waals surface area (Å²) < 4.78 is 21.9. The van der Waals surface area contributed by atoms with E-state index >= 15 is 0 Å². The van der Waals surface area contributed by atoms with Gasteiger partial charge >= 0.3 is 0 Å². The van der Waals surface area contributed by atoms with Crippen LogP contribution in [0.1, 0.15) is 18.3 Å². The minimum absolute atomic E-state index is 0.254. The monoisotopic (exact) mass is 678 g/mol. The number of anilines is 1. The molecular formula is C25H18Br3FN4O3. The van der Waals surface area contributed by atoms with E-state index in [0.29, 0.717) is 49.1 Å². The molecule has 0 bridgehead atoms. The Balaban J connectivity index is 1.52. The molecule has 0 atom stereocenters. The maximum atomic E-state index is 13.1. The van der Waals surface area contributed by atoms with E-state index in [0.717, 1.165) is 4.47 Å². The number of carbonyl (C=O) groups is 1. The van der Waals surface area contributed by atoms with Crippen LogP contribution >= 0.6 is 47.8 Å². The summed E-state index contributed by atoms with van der Waals surface area (Å²) >= 11 is 10.3. The fourth-order valence-corrected chi connectivity index (χ4v) is 5.14. The average Bonchev–Trinajstić information content (AvgIpc) is 2.84. The van der Waals surface area contributed by atoms with Crippen LogP contribution in [0.2, 0.25) is 0 Å². The Bertz CT molecular complexity index is 1520. The fraction of sp³-hybridized carbons (Fsp3) is 0.120. The first-order chi connectivity index (χ1) is 17.2. The summed E-state index contributed by atoms with van der Waals surface area (Å²) in [7, 11) is 0. The summed E-state index contributed by atoms with van der Waals surface area (Å²) in [4.78, 5) is 29.8. The third-order valence-electron chi connectivity index (χ3n) is 5.01. The predicted octanol–water partition coefficient (Wildman–Crippen LogP) is 6.29. The normalized spacial score (nSPS) is 11.2. The SMILES string of the molecule is CCc1nc2ccc(Br)cc2c(=O)n1N=Cc1cc(Br)c(OCC(=O)Nc2ccc(F)cc2)c(Br)c1. The molecule has 1 aromatic heterocycles. The van der Waals surface area contributed by atoms with Gasteiger partial charge in [-0.15, -0.1) is 0 Å². The van der Waals surface area contributed by atoms with Gasteiger partial charge in [-0.25, -0.2) is 9.37 Å². The molecule has 0 unspecified atom stereocenters. The molecular weight excluding hydrogens is 663 g/mol. The Morgan fingerprint density at radius 1 is 1.11 bits per heavy atom. The molecule has 184 valence electrons. The van der Waals surface area contributed by atoms with Crippen LogP contribution in [0.4, 0.5) is 10.1 Å². The second-order valence-electron chi connectivity index (χ2n) is 7.56. The largest absolute Gasteiger partial charge is 0.481 e. The number of benzene rings is 3. The first-order valence-corrected chi connectivity index (χ1v) is 13.1. The number of ether oxygens (including phenoxy) is 1. The van der Waals surface area contributed by atoms with Crippen LogP contribution < -0.4 is 15.6 Å². The van der Waals surface area contributed by atoms with Crippen LogP contribution in [0.15, 0.2) is 77.9 Å². The molecule has 0 aliphatic heterocycles. The summed E-state index contributed by atoms with van der Waals surface area (Å²) in [6.07, 6.45) is 2.07. The Morgan fingerprint density at radius 3 is 2.47 bits per heavy atom. The first-order valence-electron chi connectivity index (χ1n) is 10.7. The lowest BCUT2D eigenvalue weighted by molar-refractivity contribution is -0.118. The standard InChI is InChI=1S/C25H18Br3FN4O3/c1-2-22-32-21-8-3-15(26)11-18(21)25(35)33(22)30-12-14-9-19(27)24(20(28)10-14)36-13-23(34)31-17-6-4-16(29)5-7-17/h3-12H,2,13H2,1H3,(H,31,34). The first kappa shape index (κ1) is 26.2. The van der Waals surface area contributed by atoms with Crippen molar-refractivity contribution in [1.82, 2.24) is 9.66 Å². The zero-order chi connectivity index (χ0) is 25.8. The second-order valence-corrected chi connectivity index (χ2v) is 10.2. The van der Waals surface area contributed by atoms with Crippen molar-refractivity contribution in [1.29, 1.82) is 0 Å². The molecule has 4 rings (SSSR count). The molecule has 0 saturated carbocycles. The number of halogens is 4. The van der Waals surface area contributed by atoms with E-state index in [4.69, 9.17) is 4.74 Å². The molecule has 0 fully saturated rings. The van der Waals surface area contributed by atoms with E-state index in [1.54, 1.807) is 30.5 Å². The van der Waals surface area contributed by atoms with Crippen LogP contribution in [0.25, 0.3) is 10.9 Å². The van der Waals surface area contributed by atoms with E-state index in [1.165, 1.54) is 28.9 Å². The van der Waals surface area contributed by atoms with Crippen LogP contribution in [0.3, 0.4) is 0 Å². The van der Waals surface area contributed by atoms with Crippen molar-refractivity contribution >= 4 is 76.5 Å². The van der Waals surface area contributed by atoms with Crippen molar-refractivity contribution in [3.8, 4) is 5.75 Å². The van der Waals surface area contributed by atoms with Gasteiger partial charge in [-0.2, -0.15) is 9.78 Å². The van der Waals surface area contributed by atoms with Gasteiger partial charge in [0.25, 0.3) is 11.5 Å². The Labute approximate surface area is 230 Å². The zero-order valence-corrected chi connectivity index (χ0v) is 23.5. The summed E-state index contributed by atoms with van der Waals surface area (Å²) in [5.74, 6) is 0.177. The van der Waals surface area contributed by atoms with Crippen molar-refractivity contribution < 1.29 is 13.9 Å². The van der Waals surface area contributed by atoms with Crippen molar-refractivity contribution in [3.05, 3.63) is 95.6 Å². The number of nitrogens with one attached hydrogen (secondary N) is 1. The van der Waals surface area contributed by atoms with Crippen molar-refractivity contribution in [2.45, 2.75) is 13.3 Å². The van der Waals surface area contributed by atoms with Gasteiger partial charge in [0.1, 0.15) is 17.4 Å². The van der Waals surface area contributed by atoms with E-state index in [2.05, 4.69) is 63.2 Å². The molecule has 0 saturated heterocycles. The summed E-state index contributed by atoms with van der Waals surface area (Å²) in [5, 5.41) is 7.49. The number of aryl methyl sites for hydroxylation is 1. The van der Waals surface area contributed by atoms with Crippen LogP contribution in [-0.4, -0.2) is 28.4 Å². The molecule has 11 heteroatoms. The van der Waals surface area contributed by atoms with E-state index in [9.17, 15) is 14.0 Å². The molecule has 1 heterocycles. The number of fused-ring (bicyclic) bond motifs is 1. The highest BCUT2D eigenvalue weighted by Gasteiger charge is 2.13. The maximum absolute atomic E-state index is 13.1. The Hall–Kier alpha value is -2.89. The number of hydrogen-bond acceptors (Lipinski definition) is 5. The number of nitrogens with zero attached hydrogens (tertiary/aromatic N) is 3. The third-order valence-corrected chi connectivity index (χ3v) is 6.68. The number of carbonyl (C=O) groups excluding carboxylic acids is 1.